The lowest BCUT2D eigenvalue weighted by Crippen LogP contribution is -2.06. The molecular formula is C19H16F2N6. The van der Waals surface area contributed by atoms with Gasteiger partial charge < -0.3 is 10.6 Å². The van der Waals surface area contributed by atoms with Crippen molar-refractivity contribution in [3.63, 3.8) is 0 Å². The Morgan fingerprint density at radius 1 is 1.00 bits per heavy atom. The summed E-state index contributed by atoms with van der Waals surface area (Å²) < 4.78 is 26.4. The molecule has 4 rings (SSSR count). The number of benzene rings is 2. The molecule has 0 aliphatic carbocycles. The third-order valence-electron chi connectivity index (χ3n) is 3.99. The maximum absolute atomic E-state index is 13.4. The Labute approximate surface area is 153 Å². The van der Waals surface area contributed by atoms with Crippen molar-refractivity contribution >= 4 is 28.5 Å². The quantitative estimate of drug-likeness (QED) is 0.491. The monoisotopic (exact) mass is 366 g/mol. The van der Waals surface area contributed by atoms with Crippen molar-refractivity contribution < 1.29 is 8.78 Å². The molecule has 0 spiro atoms. The van der Waals surface area contributed by atoms with Crippen molar-refractivity contribution in [1.82, 2.24) is 20.2 Å². The highest BCUT2D eigenvalue weighted by molar-refractivity contribution is 5.91. The molecule has 8 heteroatoms. The average molecular weight is 366 g/mol. The van der Waals surface area contributed by atoms with Gasteiger partial charge in [-0.3, -0.25) is 5.10 Å². The van der Waals surface area contributed by atoms with E-state index >= 15 is 0 Å². The number of fused-ring (bicyclic) bond motifs is 1. The normalized spacial score (nSPS) is 10.9. The molecule has 0 unspecified atom stereocenters. The maximum Gasteiger partial charge on any atom is 0.225 e. The van der Waals surface area contributed by atoms with E-state index in [9.17, 15) is 8.78 Å². The molecule has 27 heavy (non-hydrogen) atoms. The Morgan fingerprint density at radius 3 is 2.63 bits per heavy atom. The molecule has 4 aromatic rings. The highest BCUT2D eigenvalue weighted by atomic mass is 19.2. The van der Waals surface area contributed by atoms with Crippen LogP contribution in [0.15, 0.2) is 48.5 Å². The number of H-pyrrole nitrogens is 1. The van der Waals surface area contributed by atoms with Crippen LogP contribution in [-0.2, 0) is 6.54 Å². The molecule has 2 heterocycles. The molecule has 0 amide bonds. The third-order valence-corrected chi connectivity index (χ3v) is 3.99. The van der Waals surface area contributed by atoms with Crippen LogP contribution in [0.3, 0.4) is 0 Å². The van der Waals surface area contributed by atoms with Gasteiger partial charge in [0.25, 0.3) is 0 Å². The summed E-state index contributed by atoms with van der Waals surface area (Å²) in [5.41, 5.74) is 2.26. The smallest absolute Gasteiger partial charge is 0.225 e. The van der Waals surface area contributed by atoms with Gasteiger partial charge in [-0.2, -0.15) is 10.1 Å². The van der Waals surface area contributed by atoms with E-state index in [1.54, 1.807) is 0 Å². The van der Waals surface area contributed by atoms with Crippen LogP contribution in [-0.4, -0.2) is 20.2 Å². The number of para-hydroxylation sites is 1. The first-order chi connectivity index (χ1) is 13.1. The van der Waals surface area contributed by atoms with Crippen LogP contribution in [0.5, 0.6) is 0 Å². The minimum absolute atomic E-state index is 0.260. The summed E-state index contributed by atoms with van der Waals surface area (Å²) in [7, 11) is 0. The summed E-state index contributed by atoms with van der Waals surface area (Å²) in [4.78, 5) is 8.98. The number of aromatic amines is 1. The Morgan fingerprint density at radius 2 is 1.85 bits per heavy atom. The van der Waals surface area contributed by atoms with Gasteiger partial charge in [0.15, 0.2) is 17.5 Å². The Balaban J connectivity index is 1.63. The van der Waals surface area contributed by atoms with E-state index in [4.69, 9.17) is 0 Å². The van der Waals surface area contributed by atoms with E-state index in [1.807, 2.05) is 37.3 Å². The lowest BCUT2D eigenvalue weighted by atomic mass is 10.2. The van der Waals surface area contributed by atoms with Gasteiger partial charge in [-0.05, 0) is 36.8 Å². The van der Waals surface area contributed by atoms with Crippen LogP contribution in [0.2, 0.25) is 0 Å². The van der Waals surface area contributed by atoms with E-state index < -0.39 is 11.6 Å². The lowest BCUT2D eigenvalue weighted by molar-refractivity contribution is 0.507. The fourth-order valence-corrected chi connectivity index (χ4v) is 2.69. The van der Waals surface area contributed by atoms with Gasteiger partial charge in [0.2, 0.25) is 5.95 Å². The minimum Gasteiger partial charge on any atom is -0.350 e. The fraction of sp³-hybridized carbons (Fsp3) is 0.105. The number of hydrogen-bond acceptors (Lipinski definition) is 5. The fourth-order valence-electron chi connectivity index (χ4n) is 2.69. The van der Waals surface area contributed by atoms with Crippen LogP contribution < -0.4 is 10.6 Å². The standard InChI is InChI=1S/C19H16F2N6/c1-11-8-17(27-26-11)24-18-13-4-2-3-5-16(13)23-19(25-18)22-10-12-6-7-14(20)15(21)9-12/h2-9H,10H2,1H3,(H3,22,23,24,25,26,27). The first kappa shape index (κ1) is 16.9. The van der Waals surface area contributed by atoms with Crippen molar-refractivity contribution in [2.45, 2.75) is 13.5 Å². The van der Waals surface area contributed by atoms with E-state index in [-0.39, 0.29) is 6.54 Å². The molecular weight excluding hydrogens is 350 g/mol. The summed E-state index contributed by atoms with van der Waals surface area (Å²) in [6.45, 7) is 2.17. The van der Waals surface area contributed by atoms with Crippen LogP contribution in [0, 0.1) is 18.6 Å². The van der Waals surface area contributed by atoms with Crippen LogP contribution in [0.1, 0.15) is 11.3 Å². The Hall–Kier alpha value is -3.55. The Kier molecular flexibility index (Phi) is 4.37. The molecule has 0 aliphatic rings. The summed E-state index contributed by atoms with van der Waals surface area (Å²) in [5.74, 6) is -0.150. The molecule has 0 saturated heterocycles. The largest absolute Gasteiger partial charge is 0.350 e. The summed E-state index contributed by atoms with van der Waals surface area (Å²) >= 11 is 0. The van der Waals surface area contributed by atoms with Crippen LogP contribution >= 0.6 is 0 Å². The summed E-state index contributed by atoms with van der Waals surface area (Å²) in [6.07, 6.45) is 0. The first-order valence-corrected chi connectivity index (χ1v) is 8.32. The predicted octanol–water partition coefficient (Wildman–Crippen LogP) is 4.30. The van der Waals surface area contributed by atoms with E-state index in [2.05, 4.69) is 30.8 Å². The topological polar surface area (TPSA) is 78.5 Å². The van der Waals surface area contributed by atoms with Gasteiger partial charge in [-0.15, -0.1) is 0 Å². The number of nitrogens with one attached hydrogen (secondary N) is 3. The van der Waals surface area contributed by atoms with Crippen molar-refractivity contribution in [1.29, 1.82) is 0 Å². The number of aryl methyl sites for hydroxylation is 1. The Bertz CT molecular complexity index is 1110. The zero-order valence-electron chi connectivity index (χ0n) is 14.4. The average Bonchev–Trinajstić information content (AvgIpc) is 3.07. The van der Waals surface area contributed by atoms with Crippen molar-refractivity contribution in [3.8, 4) is 0 Å². The number of anilines is 3. The number of hydrogen-bond donors (Lipinski definition) is 3. The van der Waals surface area contributed by atoms with Gasteiger partial charge in [0.05, 0.1) is 5.52 Å². The van der Waals surface area contributed by atoms with E-state index in [1.165, 1.54) is 6.07 Å². The molecule has 0 fully saturated rings. The van der Waals surface area contributed by atoms with E-state index in [0.717, 1.165) is 28.7 Å². The number of nitrogens with zero attached hydrogens (tertiary/aromatic N) is 3. The number of halogens is 2. The van der Waals surface area contributed by atoms with Crippen LogP contribution in [0.25, 0.3) is 10.9 Å². The molecule has 3 N–H and O–H groups in total. The van der Waals surface area contributed by atoms with Gasteiger partial charge in [0, 0.05) is 23.7 Å². The van der Waals surface area contributed by atoms with Gasteiger partial charge >= 0.3 is 0 Å². The van der Waals surface area contributed by atoms with Crippen molar-refractivity contribution in [2.75, 3.05) is 10.6 Å². The van der Waals surface area contributed by atoms with E-state index in [0.29, 0.717) is 23.1 Å². The highest BCUT2D eigenvalue weighted by Crippen LogP contribution is 2.25. The second-order valence-corrected chi connectivity index (χ2v) is 6.08. The zero-order chi connectivity index (χ0) is 18.8. The van der Waals surface area contributed by atoms with Crippen molar-refractivity contribution in [2.24, 2.45) is 0 Å². The highest BCUT2D eigenvalue weighted by Gasteiger charge is 2.10. The summed E-state index contributed by atoms with van der Waals surface area (Å²) in [5, 5.41) is 14.1. The van der Waals surface area contributed by atoms with Gasteiger partial charge in [-0.25, -0.2) is 13.8 Å². The molecule has 0 atom stereocenters. The van der Waals surface area contributed by atoms with Crippen LogP contribution in [0.4, 0.5) is 26.4 Å². The predicted molar refractivity (Wildman–Crippen MR) is 99.8 cm³/mol. The maximum atomic E-state index is 13.4. The van der Waals surface area contributed by atoms with Gasteiger partial charge in [0.1, 0.15) is 5.82 Å². The van der Waals surface area contributed by atoms with Gasteiger partial charge in [-0.1, -0.05) is 18.2 Å². The molecule has 0 saturated carbocycles. The number of aromatic nitrogens is 4. The minimum atomic E-state index is -0.884. The first-order valence-electron chi connectivity index (χ1n) is 8.32. The lowest BCUT2D eigenvalue weighted by Gasteiger charge is -2.11. The molecule has 0 aliphatic heterocycles. The molecule has 136 valence electrons. The SMILES string of the molecule is Cc1cc(Nc2nc(NCc3ccc(F)c(F)c3)nc3ccccc23)n[nH]1. The second kappa shape index (κ2) is 6.99. The molecule has 2 aromatic carbocycles. The zero-order valence-corrected chi connectivity index (χ0v) is 14.4. The third kappa shape index (κ3) is 3.69. The number of rotatable bonds is 5. The summed E-state index contributed by atoms with van der Waals surface area (Å²) in [6, 6.07) is 13.2. The second-order valence-electron chi connectivity index (χ2n) is 6.08. The molecule has 6 nitrogen and oxygen atoms in total. The molecule has 0 bridgehead atoms. The van der Waals surface area contributed by atoms with Crippen molar-refractivity contribution in [3.05, 3.63) is 71.4 Å². The molecule has 2 aromatic heterocycles. The molecule has 0 radical (unpaired) electrons.